The average molecular weight is 462 g/mol. The van der Waals surface area contributed by atoms with E-state index in [-0.39, 0.29) is 37.3 Å². The first kappa shape index (κ1) is 25.5. The summed E-state index contributed by atoms with van der Waals surface area (Å²) in [5, 5.41) is 36.0. The van der Waals surface area contributed by atoms with Gasteiger partial charge in [0, 0.05) is 24.2 Å². The van der Waals surface area contributed by atoms with E-state index in [0.29, 0.717) is 17.0 Å². The van der Waals surface area contributed by atoms with Crippen LogP contribution < -0.4 is 22.0 Å². The molecule has 0 aliphatic heterocycles. The van der Waals surface area contributed by atoms with Gasteiger partial charge in [-0.25, -0.2) is 16.1 Å². The fourth-order valence-electron chi connectivity index (χ4n) is 3.03. The molecule has 12 nitrogen and oxygen atoms in total. The van der Waals surface area contributed by atoms with Crippen molar-refractivity contribution in [1.82, 2.24) is 10.9 Å². The highest BCUT2D eigenvalue weighted by Gasteiger charge is 2.19. The van der Waals surface area contributed by atoms with E-state index < -0.39 is 16.9 Å². The van der Waals surface area contributed by atoms with Gasteiger partial charge in [0.15, 0.2) is 0 Å². The normalized spacial score (nSPS) is 11.4. The molecule has 3 amide bonds. The van der Waals surface area contributed by atoms with Gasteiger partial charge in [-0.2, -0.15) is 15.6 Å². The lowest BCUT2D eigenvalue weighted by molar-refractivity contribution is -0.384. The summed E-state index contributed by atoms with van der Waals surface area (Å²) in [6, 6.07) is 15.8. The summed E-state index contributed by atoms with van der Waals surface area (Å²) >= 11 is 0. The molecule has 0 heterocycles. The molecule has 5 N–H and O–H groups in total. The Kier molecular flexibility index (Phi) is 9.66. The molecule has 0 fully saturated rings. The summed E-state index contributed by atoms with van der Waals surface area (Å²) in [5.74, 6) is 3.86. The number of amides is 3. The van der Waals surface area contributed by atoms with Crippen LogP contribution in [0.15, 0.2) is 53.6 Å². The first-order valence-corrected chi connectivity index (χ1v) is 10.1. The maximum absolute atomic E-state index is 12.3. The number of anilines is 1. The van der Waals surface area contributed by atoms with Gasteiger partial charge in [-0.15, -0.1) is 0 Å². The van der Waals surface area contributed by atoms with E-state index in [4.69, 9.17) is 11.1 Å². The highest BCUT2D eigenvalue weighted by Crippen LogP contribution is 2.22. The van der Waals surface area contributed by atoms with E-state index in [1.807, 2.05) is 11.5 Å². The molecular formula is C22H22N8O4. The van der Waals surface area contributed by atoms with E-state index >= 15 is 0 Å². The number of nitrogens with one attached hydrogen (secondary N) is 3. The van der Waals surface area contributed by atoms with Gasteiger partial charge in [0.25, 0.3) is 5.69 Å². The van der Waals surface area contributed by atoms with Crippen molar-refractivity contribution in [3.8, 4) is 12.1 Å². The summed E-state index contributed by atoms with van der Waals surface area (Å²) < 4.78 is 0. The highest BCUT2D eigenvalue weighted by atomic mass is 16.6. The number of hydrazone groups is 1. The van der Waals surface area contributed by atoms with Crippen molar-refractivity contribution in [3.63, 3.8) is 0 Å². The number of rotatable bonds is 10. The van der Waals surface area contributed by atoms with Crippen LogP contribution in [0.3, 0.4) is 0 Å². The SMILES string of the molecule is N#CCc1ccc([C@H](C#N)/C(CCCC(=O)Nc2cccc([N+](=O)[O-])c2)=N\NC(=O)NN)cc1. The second kappa shape index (κ2) is 12.9. The predicted molar refractivity (Wildman–Crippen MR) is 123 cm³/mol. The Bertz CT molecular complexity index is 1150. The molecule has 1 atom stereocenters. The van der Waals surface area contributed by atoms with E-state index in [9.17, 15) is 25.0 Å². The molecule has 0 radical (unpaired) electrons. The molecule has 174 valence electrons. The summed E-state index contributed by atoms with van der Waals surface area (Å²) in [4.78, 5) is 34.1. The summed E-state index contributed by atoms with van der Waals surface area (Å²) in [7, 11) is 0. The third-order valence-electron chi connectivity index (χ3n) is 4.67. The number of hydrazine groups is 1. The molecule has 0 aromatic heterocycles. The van der Waals surface area contributed by atoms with Crippen LogP contribution in [0.1, 0.15) is 36.3 Å². The van der Waals surface area contributed by atoms with Crippen molar-refractivity contribution in [2.45, 2.75) is 31.6 Å². The molecule has 0 saturated heterocycles. The first-order chi connectivity index (χ1) is 16.4. The van der Waals surface area contributed by atoms with E-state index in [0.717, 1.165) is 5.56 Å². The minimum Gasteiger partial charge on any atom is -0.326 e. The number of carbonyl (C=O) groups is 2. The zero-order valence-electron chi connectivity index (χ0n) is 18.0. The number of nitriles is 2. The monoisotopic (exact) mass is 462 g/mol. The maximum atomic E-state index is 12.3. The highest BCUT2D eigenvalue weighted by molar-refractivity contribution is 5.95. The van der Waals surface area contributed by atoms with Gasteiger partial charge >= 0.3 is 6.03 Å². The van der Waals surface area contributed by atoms with Crippen molar-refractivity contribution in [1.29, 1.82) is 10.5 Å². The van der Waals surface area contributed by atoms with Crippen molar-refractivity contribution >= 4 is 29.0 Å². The van der Waals surface area contributed by atoms with Crippen LogP contribution >= 0.6 is 0 Å². The first-order valence-electron chi connectivity index (χ1n) is 10.1. The van der Waals surface area contributed by atoms with Gasteiger partial charge in [-0.3, -0.25) is 20.3 Å². The minimum absolute atomic E-state index is 0.0457. The number of benzene rings is 2. The second-order valence-electron chi connectivity index (χ2n) is 7.04. The lowest BCUT2D eigenvalue weighted by atomic mass is 9.91. The lowest BCUT2D eigenvalue weighted by Gasteiger charge is -2.14. The summed E-state index contributed by atoms with van der Waals surface area (Å²) in [6.45, 7) is 0. The van der Waals surface area contributed by atoms with Crippen molar-refractivity contribution in [3.05, 3.63) is 69.8 Å². The van der Waals surface area contributed by atoms with Gasteiger partial charge < -0.3 is 5.32 Å². The topological polar surface area (TPSA) is 199 Å². The molecule has 2 aromatic carbocycles. The quantitative estimate of drug-likeness (QED) is 0.137. The molecule has 0 aliphatic rings. The number of carbonyl (C=O) groups excluding carboxylic acids is 2. The molecule has 2 aromatic rings. The largest absolute Gasteiger partial charge is 0.349 e. The number of hydrogen-bond donors (Lipinski definition) is 4. The zero-order valence-corrected chi connectivity index (χ0v) is 18.0. The van der Waals surface area contributed by atoms with Crippen LogP contribution in [0.2, 0.25) is 0 Å². The molecule has 0 aliphatic carbocycles. The van der Waals surface area contributed by atoms with E-state index in [2.05, 4.69) is 21.9 Å². The van der Waals surface area contributed by atoms with Crippen LogP contribution in [-0.2, 0) is 11.2 Å². The third-order valence-corrected chi connectivity index (χ3v) is 4.67. The van der Waals surface area contributed by atoms with E-state index in [1.54, 1.807) is 24.3 Å². The Hall–Kier alpha value is -4.81. The minimum atomic E-state index is -0.811. The molecule has 12 heteroatoms. The number of nitrogens with zero attached hydrogens (tertiary/aromatic N) is 4. The predicted octanol–water partition coefficient (Wildman–Crippen LogP) is 2.61. The number of urea groups is 1. The average Bonchev–Trinajstić information content (AvgIpc) is 2.83. The van der Waals surface area contributed by atoms with Gasteiger partial charge in [0.1, 0.15) is 5.92 Å². The molecule has 0 spiro atoms. The van der Waals surface area contributed by atoms with Crippen molar-refractivity contribution < 1.29 is 14.5 Å². The maximum Gasteiger partial charge on any atom is 0.349 e. The number of hydrogen-bond acceptors (Lipinski definition) is 8. The summed E-state index contributed by atoms with van der Waals surface area (Å²) in [6.07, 6.45) is 0.766. The Morgan fingerprint density at radius 2 is 1.88 bits per heavy atom. The second-order valence-corrected chi connectivity index (χ2v) is 7.04. The lowest BCUT2D eigenvalue weighted by Crippen LogP contribution is -2.38. The standard InChI is InChI=1S/C22H22N8O4/c23-12-11-15-7-9-16(10-8-15)19(14-24)20(28-29-22(32)27-25)5-2-6-21(31)26-17-3-1-4-18(13-17)30(33)34/h1,3-4,7-10,13,19H,2,5-6,11,25H2,(H,26,31)(H2,27,29,32)/b28-20-/t19-/m0/s1. The van der Waals surface area contributed by atoms with Gasteiger partial charge in [-0.05, 0) is 30.0 Å². The molecule has 0 bridgehead atoms. The molecular weight excluding hydrogens is 440 g/mol. The van der Waals surface area contributed by atoms with Crippen molar-refractivity contribution in [2.24, 2.45) is 10.9 Å². The Morgan fingerprint density at radius 3 is 2.50 bits per heavy atom. The molecule has 0 unspecified atom stereocenters. The molecule has 0 saturated carbocycles. The van der Waals surface area contributed by atoms with Crippen LogP contribution in [0, 0.1) is 32.8 Å². The van der Waals surface area contributed by atoms with Crippen LogP contribution in [0.25, 0.3) is 0 Å². The Balaban J connectivity index is 2.08. The van der Waals surface area contributed by atoms with Crippen LogP contribution in [-0.4, -0.2) is 22.6 Å². The number of nitro groups is 1. The smallest absolute Gasteiger partial charge is 0.326 e. The number of non-ortho nitro benzene ring substituents is 1. The van der Waals surface area contributed by atoms with Gasteiger partial charge in [0.05, 0.1) is 29.2 Å². The van der Waals surface area contributed by atoms with Crippen LogP contribution in [0.4, 0.5) is 16.2 Å². The fourth-order valence-corrected chi connectivity index (χ4v) is 3.03. The number of nitro benzene ring substituents is 1. The molecule has 34 heavy (non-hydrogen) atoms. The fraction of sp³-hybridized carbons (Fsp3) is 0.227. The third kappa shape index (κ3) is 7.71. The Morgan fingerprint density at radius 1 is 1.15 bits per heavy atom. The van der Waals surface area contributed by atoms with Gasteiger partial charge in [0.2, 0.25) is 5.91 Å². The summed E-state index contributed by atoms with van der Waals surface area (Å²) in [5.41, 5.74) is 5.93. The molecule has 2 rings (SSSR count). The van der Waals surface area contributed by atoms with Crippen LogP contribution in [0.5, 0.6) is 0 Å². The zero-order chi connectivity index (χ0) is 24.9. The number of nitrogens with two attached hydrogens (primary N) is 1. The van der Waals surface area contributed by atoms with Gasteiger partial charge in [-0.1, -0.05) is 30.3 Å². The van der Waals surface area contributed by atoms with Crippen molar-refractivity contribution in [2.75, 3.05) is 5.32 Å². The van der Waals surface area contributed by atoms with E-state index in [1.165, 1.54) is 24.3 Å². The Labute approximate surface area is 195 Å².